The van der Waals surface area contributed by atoms with Crippen molar-refractivity contribution in [1.29, 1.82) is 0 Å². The number of carbonyl (C=O) groups excluding carboxylic acids is 1. The molecule has 0 spiro atoms. The van der Waals surface area contributed by atoms with E-state index < -0.39 is 46.9 Å². The van der Waals surface area contributed by atoms with Gasteiger partial charge in [0.15, 0.2) is 0 Å². The van der Waals surface area contributed by atoms with E-state index in [1.54, 1.807) is 0 Å². The average Bonchev–Trinajstić information content (AvgIpc) is 2.25. The standard InChI is InChI=1S/C9H7F3N2O3/c10-3-4-13-9(15)7-5(11)1-2-6(8(7)12)14(16)17/h1-2H,3-4H2,(H,13,15). The van der Waals surface area contributed by atoms with Crippen molar-refractivity contribution in [3.63, 3.8) is 0 Å². The van der Waals surface area contributed by atoms with Gasteiger partial charge in [-0.05, 0) is 6.07 Å². The van der Waals surface area contributed by atoms with Crippen molar-refractivity contribution in [1.82, 2.24) is 5.32 Å². The van der Waals surface area contributed by atoms with Gasteiger partial charge in [0.1, 0.15) is 18.1 Å². The Morgan fingerprint density at radius 1 is 1.41 bits per heavy atom. The molecule has 0 saturated heterocycles. The van der Waals surface area contributed by atoms with Crippen LogP contribution in [0.1, 0.15) is 10.4 Å². The number of nitro benzene ring substituents is 1. The number of hydrogen-bond donors (Lipinski definition) is 1. The van der Waals surface area contributed by atoms with Crippen LogP contribution in [-0.4, -0.2) is 24.0 Å². The van der Waals surface area contributed by atoms with E-state index in [0.29, 0.717) is 12.1 Å². The minimum absolute atomic E-state index is 0.430. The first kappa shape index (κ1) is 12.9. The monoisotopic (exact) mass is 248 g/mol. The summed E-state index contributed by atoms with van der Waals surface area (Å²) in [4.78, 5) is 20.5. The van der Waals surface area contributed by atoms with Crippen molar-refractivity contribution in [3.05, 3.63) is 39.4 Å². The van der Waals surface area contributed by atoms with E-state index in [1.165, 1.54) is 0 Å². The quantitative estimate of drug-likeness (QED) is 0.649. The number of nitro groups is 1. The molecular formula is C9H7F3N2O3. The lowest BCUT2D eigenvalue weighted by Gasteiger charge is -2.05. The molecule has 1 aromatic rings. The second-order valence-electron chi connectivity index (χ2n) is 2.96. The Bertz CT molecular complexity index is 465. The SMILES string of the molecule is O=C(NCCF)c1c(F)ccc([N+](=O)[O-])c1F. The maximum Gasteiger partial charge on any atom is 0.305 e. The molecular weight excluding hydrogens is 241 g/mol. The Morgan fingerprint density at radius 2 is 2.06 bits per heavy atom. The van der Waals surface area contributed by atoms with Crippen LogP contribution in [0.5, 0.6) is 0 Å². The summed E-state index contributed by atoms with van der Waals surface area (Å²) in [5, 5.41) is 12.3. The van der Waals surface area contributed by atoms with Gasteiger partial charge in [-0.15, -0.1) is 0 Å². The minimum Gasteiger partial charge on any atom is -0.349 e. The minimum atomic E-state index is -1.58. The van der Waals surface area contributed by atoms with E-state index in [1.807, 2.05) is 5.32 Å². The van der Waals surface area contributed by atoms with E-state index in [-0.39, 0.29) is 0 Å². The van der Waals surface area contributed by atoms with Crippen LogP contribution >= 0.6 is 0 Å². The summed E-state index contributed by atoms with van der Waals surface area (Å²) in [5.74, 6) is -4.06. The molecule has 8 heteroatoms. The molecule has 1 aromatic carbocycles. The van der Waals surface area contributed by atoms with Gasteiger partial charge >= 0.3 is 5.69 Å². The van der Waals surface area contributed by atoms with E-state index >= 15 is 0 Å². The summed E-state index contributed by atoms with van der Waals surface area (Å²) in [6.45, 7) is -1.34. The maximum absolute atomic E-state index is 13.4. The third-order valence-corrected chi connectivity index (χ3v) is 1.87. The first-order valence-corrected chi connectivity index (χ1v) is 4.45. The number of nitrogens with zero attached hydrogens (tertiary/aromatic N) is 1. The largest absolute Gasteiger partial charge is 0.349 e. The fourth-order valence-electron chi connectivity index (χ4n) is 1.14. The van der Waals surface area contributed by atoms with Gasteiger partial charge in [-0.3, -0.25) is 14.9 Å². The normalized spacial score (nSPS) is 10.1. The van der Waals surface area contributed by atoms with E-state index in [0.717, 1.165) is 0 Å². The van der Waals surface area contributed by atoms with Crippen LogP contribution in [0.3, 0.4) is 0 Å². The Labute approximate surface area is 93.4 Å². The van der Waals surface area contributed by atoms with Gasteiger partial charge in [-0.25, -0.2) is 8.78 Å². The zero-order chi connectivity index (χ0) is 13.0. The Hall–Kier alpha value is -2.12. The lowest BCUT2D eigenvalue weighted by Crippen LogP contribution is -2.27. The number of amides is 1. The van der Waals surface area contributed by atoms with Gasteiger partial charge in [0.05, 0.1) is 4.92 Å². The first-order valence-electron chi connectivity index (χ1n) is 4.45. The summed E-state index contributed by atoms with van der Waals surface area (Å²) >= 11 is 0. The van der Waals surface area contributed by atoms with Gasteiger partial charge in [-0.1, -0.05) is 0 Å². The van der Waals surface area contributed by atoms with Crippen molar-refractivity contribution in [2.24, 2.45) is 0 Å². The van der Waals surface area contributed by atoms with Crippen LogP contribution in [0.4, 0.5) is 18.9 Å². The summed E-state index contributed by atoms with van der Waals surface area (Å²) < 4.78 is 38.3. The summed E-state index contributed by atoms with van der Waals surface area (Å²) in [6, 6.07) is 1.21. The number of nitrogens with one attached hydrogen (secondary N) is 1. The topological polar surface area (TPSA) is 72.2 Å². The van der Waals surface area contributed by atoms with Crippen LogP contribution < -0.4 is 5.32 Å². The van der Waals surface area contributed by atoms with Crippen molar-refractivity contribution in [2.45, 2.75) is 0 Å². The third-order valence-electron chi connectivity index (χ3n) is 1.87. The zero-order valence-electron chi connectivity index (χ0n) is 8.37. The highest BCUT2D eigenvalue weighted by molar-refractivity contribution is 5.95. The van der Waals surface area contributed by atoms with E-state index in [2.05, 4.69) is 0 Å². The van der Waals surface area contributed by atoms with Crippen molar-refractivity contribution < 1.29 is 22.9 Å². The number of carbonyl (C=O) groups is 1. The van der Waals surface area contributed by atoms with Crippen LogP contribution in [0, 0.1) is 21.7 Å². The molecule has 0 radical (unpaired) electrons. The van der Waals surface area contributed by atoms with Gasteiger partial charge in [-0.2, -0.15) is 4.39 Å². The molecule has 0 bridgehead atoms. The highest BCUT2D eigenvalue weighted by Crippen LogP contribution is 2.22. The molecule has 1 N–H and O–H groups in total. The molecule has 0 atom stereocenters. The second-order valence-corrected chi connectivity index (χ2v) is 2.96. The summed E-state index contributed by atoms with van der Waals surface area (Å²) in [7, 11) is 0. The van der Waals surface area contributed by atoms with Crippen LogP contribution in [0.2, 0.25) is 0 Å². The Balaban J connectivity index is 3.18. The van der Waals surface area contributed by atoms with Gasteiger partial charge in [0.25, 0.3) is 5.91 Å². The maximum atomic E-state index is 13.4. The zero-order valence-corrected chi connectivity index (χ0v) is 8.37. The lowest BCUT2D eigenvalue weighted by atomic mass is 10.1. The highest BCUT2D eigenvalue weighted by Gasteiger charge is 2.25. The molecule has 0 unspecified atom stereocenters. The first-order chi connectivity index (χ1) is 7.99. The smallest absolute Gasteiger partial charge is 0.305 e. The number of halogens is 3. The molecule has 0 saturated carbocycles. The molecule has 1 amide bonds. The highest BCUT2D eigenvalue weighted by atomic mass is 19.1. The van der Waals surface area contributed by atoms with Crippen molar-refractivity contribution in [2.75, 3.05) is 13.2 Å². The molecule has 0 aromatic heterocycles. The molecule has 0 aliphatic heterocycles. The molecule has 0 aliphatic carbocycles. The lowest BCUT2D eigenvalue weighted by molar-refractivity contribution is -0.387. The van der Waals surface area contributed by atoms with Crippen LogP contribution in [0.25, 0.3) is 0 Å². The average molecular weight is 248 g/mol. The third kappa shape index (κ3) is 2.71. The molecule has 0 fully saturated rings. The second kappa shape index (κ2) is 5.28. The summed E-state index contributed by atoms with van der Waals surface area (Å²) in [6.07, 6.45) is 0. The number of rotatable bonds is 4. The van der Waals surface area contributed by atoms with Crippen LogP contribution in [0.15, 0.2) is 12.1 Å². The predicted molar refractivity (Wildman–Crippen MR) is 51.3 cm³/mol. The van der Waals surface area contributed by atoms with Gasteiger partial charge < -0.3 is 5.32 Å². The molecule has 5 nitrogen and oxygen atoms in total. The van der Waals surface area contributed by atoms with Crippen LogP contribution in [-0.2, 0) is 0 Å². The van der Waals surface area contributed by atoms with Gasteiger partial charge in [0, 0.05) is 12.6 Å². The Morgan fingerprint density at radius 3 is 2.59 bits per heavy atom. The Kier molecular flexibility index (Phi) is 4.02. The van der Waals surface area contributed by atoms with Crippen molar-refractivity contribution >= 4 is 11.6 Å². The predicted octanol–water partition coefficient (Wildman–Crippen LogP) is 1.57. The molecule has 0 heterocycles. The van der Waals surface area contributed by atoms with E-state index in [4.69, 9.17) is 0 Å². The summed E-state index contributed by atoms with van der Waals surface area (Å²) in [5.41, 5.74) is -2.11. The fourth-order valence-corrected chi connectivity index (χ4v) is 1.14. The molecule has 0 aliphatic rings. The molecule has 17 heavy (non-hydrogen) atoms. The molecule has 92 valence electrons. The number of alkyl halides is 1. The van der Waals surface area contributed by atoms with E-state index in [9.17, 15) is 28.1 Å². The van der Waals surface area contributed by atoms with Crippen molar-refractivity contribution in [3.8, 4) is 0 Å². The number of hydrogen-bond acceptors (Lipinski definition) is 3. The number of benzene rings is 1. The molecule has 1 rings (SSSR count). The fraction of sp³-hybridized carbons (Fsp3) is 0.222. The van der Waals surface area contributed by atoms with Gasteiger partial charge in [0.2, 0.25) is 5.82 Å².